The predicted molar refractivity (Wildman–Crippen MR) is 285 cm³/mol. The Bertz CT molecular complexity index is 2510. The zero-order valence-corrected chi connectivity index (χ0v) is 48.1. The molecule has 1 saturated carbocycles. The van der Waals surface area contributed by atoms with E-state index in [1.54, 1.807) is 57.5 Å². The van der Waals surface area contributed by atoms with Gasteiger partial charge in [-0.1, -0.05) is 19.9 Å². The maximum Gasteiger partial charge on any atom is 0.509 e. The molecule has 5 aliphatic rings. The molecule has 0 bridgehead atoms. The lowest BCUT2D eigenvalue weighted by atomic mass is 9.71. The van der Waals surface area contributed by atoms with Gasteiger partial charge in [-0.3, -0.25) is 24.0 Å². The lowest BCUT2D eigenvalue weighted by Crippen LogP contribution is -2.64. The minimum absolute atomic E-state index is 0.0388. The number of methoxy groups -OCH3 is 1. The number of aromatic nitrogens is 1. The summed E-state index contributed by atoms with van der Waals surface area (Å²) in [4.78, 5) is 69.9. The van der Waals surface area contributed by atoms with Crippen LogP contribution in [0.15, 0.2) is 29.2 Å². The van der Waals surface area contributed by atoms with Crippen molar-refractivity contribution in [3.05, 3.63) is 45.7 Å². The van der Waals surface area contributed by atoms with E-state index < -0.39 is 113 Å². The van der Waals surface area contributed by atoms with Crippen molar-refractivity contribution < 1.29 is 77.1 Å². The van der Waals surface area contributed by atoms with Crippen LogP contribution in [-0.2, 0) is 58.6 Å². The molecule has 1 aromatic carbocycles. The van der Waals surface area contributed by atoms with Gasteiger partial charge in [-0.25, -0.2) is 9.59 Å². The Morgan fingerprint density at radius 2 is 1.67 bits per heavy atom. The van der Waals surface area contributed by atoms with E-state index in [0.29, 0.717) is 62.6 Å². The monoisotopic (exact) mass is 1100 g/mol. The minimum atomic E-state index is -1.61. The van der Waals surface area contributed by atoms with Crippen LogP contribution in [0, 0.1) is 17.8 Å². The van der Waals surface area contributed by atoms with Gasteiger partial charge in [-0.15, -0.1) is 0 Å². The number of carbonyl (C=O) groups is 4. The van der Waals surface area contributed by atoms with Crippen LogP contribution in [0.3, 0.4) is 0 Å². The normalized spacial score (nSPS) is 37.9. The molecular formula is C56H87N5O17. The second-order valence-electron chi connectivity index (χ2n) is 23.8. The van der Waals surface area contributed by atoms with E-state index in [9.17, 15) is 39.3 Å². The van der Waals surface area contributed by atoms with E-state index in [1.165, 1.54) is 13.3 Å². The van der Waals surface area contributed by atoms with Crippen LogP contribution in [0.4, 0.5) is 4.79 Å². The number of fused-ring (bicyclic) bond motifs is 1. The molecule has 1 aromatic heterocycles. The van der Waals surface area contributed by atoms with E-state index in [0.717, 1.165) is 5.56 Å². The highest BCUT2D eigenvalue weighted by atomic mass is 16.8. The number of hydrogen-bond donors (Lipinski definition) is 4. The van der Waals surface area contributed by atoms with Gasteiger partial charge in [0.15, 0.2) is 30.4 Å². The molecule has 4 N–H and O–H groups in total. The van der Waals surface area contributed by atoms with E-state index in [1.807, 2.05) is 65.9 Å². The van der Waals surface area contributed by atoms with Gasteiger partial charge >= 0.3 is 24.1 Å². The molecule has 0 radical (unpaired) electrons. The number of nitrogens with zero attached hydrogens (tertiary/aromatic N) is 4. The zero-order valence-electron chi connectivity index (χ0n) is 48.1. The van der Waals surface area contributed by atoms with E-state index in [4.69, 9.17) is 42.6 Å². The molecule has 4 saturated heterocycles. The molecule has 7 rings (SSSR count). The van der Waals surface area contributed by atoms with Crippen LogP contribution >= 0.6 is 0 Å². The number of hydrogen-bond acceptors (Lipinski definition) is 20. The number of ether oxygens (including phenoxy) is 9. The zero-order chi connectivity index (χ0) is 57.3. The second-order valence-corrected chi connectivity index (χ2v) is 23.8. The lowest BCUT2D eigenvalue weighted by Gasteiger charge is -2.49. The minimum Gasteiger partial charge on any atom is -0.477 e. The van der Waals surface area contributed by atoms with Gasteiger partial charge in [0.2, 0.25) is 5.43 Å². The molecule has 438 valence electrons. The van der Waals surface area contributed by atoms with Gasteiger partial charge in [0.25, 0.3) is 0 Å². The highest BCUT2D eigenvalue weighted by Gasteiger charge is 2.66. The molecule has 5 heterocycles. The highest BCUT2D eigenvalue weighted by Crippen LogP contribution is 2.49. The van der Waals surface area contributed by atoms with E-state index in [-0.39, 0.29) is 48.9 Å². The quantitative estimate of drug-likeness (QED) is 0.106. The van der Waals surface area contributed by atoms with E-state index >= 15 is 0 Å². The van der Waals surface area contributed by atoms with Crippen LogP contribution in [0.5, 0.6) is 0 Å². The van der Waals surface area contributed by atoms with Crippen LogP contribution in [0.1, 0.15) is 116 Å². The summed E-state index contributed by atoms with van der Waals surface area (Å²) in [5.74, 6) is -4.43. The molecular weight excluding hydrogens is 1010 g/mol. The summed E-state index contributed by atoms with van der Waals surface area (Å²) in [6.45, 7) is 16.0. The summed E-state index contributed by atoms with van der Waals surface area (Å²) < 4.78 is 58.5. The van der Waals surface area contributed by atoms with Crippen LogP contribution < -0.4 is 15.8 Å². The molecule has 1 spiro atoms. The standard InChI is InChI=1S/C56H87N5O17/c1-30-26-54(7,69)47(76-52-45(64)40(58(9)10)24-31(2)71-52)32(3)46(33(4)51(67)73-41-19-21-56(41)48(77-53(68)78-56)34(5)60(13)28-30)75-43-27-55(8,70-14)49(35(6)72-43)74-42(62)20-23-57-22-15-16-36-17-18-39-37(25-36)44(63)38(50(65)66)29-61(39)59(11)12/h17-18,25,29-35,40-41,43,45-49,52,57,64,69H,15-16,19-24,26-28H2,1-14H3,(H,65,66)/t30-,31-,32?,33-,34-,35+,40+,41-,43+,45-,46+,47-,48-,49+,52+,54-,55-,56-/m1/s1. The molecule has 22 heteroatoms. The van der Waals surface area contributed by atoms with Gasteiger partial charge in [0.1, 0.15) is 23.4 Å². The summed E-state index contributed by atoms with van der Waals surface area (Å²) >= 11 is 0. The van der Waals surface area contributed by atoms with Gasteiger partial charge < -0.3 is 73.2 Å². The molecule has 1 unspecified atom stereocenters. The van der Waals surface area contributed by atoms with Crippen molar-refractivity contribution in [2.24, 2.45) is 17.8 Å². The summed E-state index contributed by atoms with van der Waals surface area (Å²) in [6.07, 6.45) is -5.47. The predicted octanol–water partition coefficient (Wildman–Crippen LogP) is 3.82. The number of rotatable bonds is 16. The highest BCUT2D eigenvalue weighted by molar-refractivity contribution is 5.93. The van der Waals surface area contributed by atoms with Gasteiger partial charge in [0.05, 0.1) is 47.9 Å². The average Bonchev–Trinajstić information content (AvgIpc) is 3.88. The molecule has 78 heavy (non-hydrogen) atoms. The first kappa shape index (κ1) is 61.1. The Morgan fingerprint density at radius 3 is 2.31 bits per heavy atom. The summed E-state index contributed by atoms with van der Waals surface area (Å²) in [5, 5.41) is 39.6. The number of aryl methyl sites for hydroxylation is 1. The Labute approximate surface area is 458 Å². The summed E-state index contributed by atoms with van der Waals surface area (Å²) in [7, 11) is 10.7. The van der Waals surface area contributed by atoms with Crippen molar-refractivity contribution in [3.63, 3.8) is 0 Å². The maximum absolute atomic E-state index is 14.7. The van der Waals surface area contributed by atoms with Crippen molar-refractivity contribution in [2.45, 2.75) is 197 Å². The smallest absolute Gasteiger partial charge is 0.477 e. The lowest BCUT2D eigenvalue weighted by molar-refractivity contribution is -0.319. The van der Waals surface area contributed by atoms with Crippen LogP contribution in [0.25, 0.3) is 10.9 Å². The number of benzene rings is 1. The molecule has 18 atom stereocenters. The third kappa shape index (κ3) is 13.0. The van der Waals surface area contributed by atoms with Crippen molar-refractivity contribution in [3.8, 4) is 0 Å². The Balaban J connectivity index is 1.06. The fourth-order valence-corrected chi connectivity index (χ4v) is 12.7. The number of aliphatic hydroxyl groups excluding tert-OH is 1. The van der Waals surface area contributed by atoms with Crippen molar-refractivity contribution in [1.82, 2.24) is 19.8 Å². The molecule has 4 aliphatic heterocycles. The first-order valence-electron chi connectivity index (χ1n) is 27.6. The molecule has 5 fully saturated rings. The Morgan fingerprint density at radius 1 is 0.949 bits per heavy atom. The SMILES string of the molecule is CO[C@]1(C)C[C@H](O[C@H]2C(C)[C@@H](O[C@@H]3O[C@H](C)C[C@H](N(C)C)[C@H]3O)[C@](C)(O)C[C@@H](C)CN(C)[C@H](C)[C@H]3OC(=O)O[C@@]34CC[C@H]4OC(=O)[C@@H]2C)O[C@@H](C)[C@@H]1OC(=O)CCNCCCc1ccc2c(c1)c(=O)c(C(=O)O)cn2N(C)C. The van der Waals surface area contributed by atoms with Crippen molar-refractivity contribution in [2.75, 3.05) is 67.0 Å². The van der Waals surface area contributed by atoms with Gasteiger partial charge in [0, 0.05) is 70.3 Å². The molecule has 22 nitrogen and oxygen atoms in total. The first-order valence-corrected chi connectivity index (χ1v) is 27.6. The number of aromatic carboxylic acids is 1. The number of likely N-dealkylation sites (N-methyl/N-ethyl adjacent to an activating group) is 2. The number of pyridine rings is 1. The van der Waals surface area contributed by atoms with E-state index in [2.05, 4.69) is 10.2 Å². The number of carbonyl (C=O) groups excluding carboxylic acids is 3. The van der Waals surface area contributed by atoms with Gasteiger partial charge in [-0.2, -0.15) is 0 Å². The number of carboxylic acids is 1. The van der Waals surface area contributed by atoms with Crippen molar-refractivity contribution in [1.29, 1.82) is 0 Å². The average molecular weight is 1100 g/mol. The molecule has 0 amide bonds. The number of aliphatic hydroxyl groups is 2. The fourth-order valence-electron chi connectivity index (χ4n) is 12.7. The largest absolute Gasteiger partial charge is 0.509 e. The van der Waals surface area contributed by atoms with Gasteiger partial charge in [-0.05, 0) is 131 Å². The number of esters is 2. The molecule has 1 aliphatic carbocycles. The number of carboxylic acid groups (broad SMARTS) is 1. The van der Waals surface area contributed by atoms with Crippen LogP contribution in [0.2, 0.25) is 0 Å². The first-order chi connectivity index (χ1) is 36.6. The summed E-state index contributed by atoms with van der Waals surface area (Å²) in [6, 6.07) is 4.79. The van der Waals surface area contributed by atoms with Crippen molar-refractivity contribution >= 4 is 35.0 Å². The van der Waals surface area contributed by atoms with Crippen LogP contribution in [-0.4, -0.2) is 206 Å². The maximum atomic E-state index is 14.7. The number of nitrogens with one attached hydrogen (secondary N) is 1. The third-order valence-electron chi connectivity index (χ3n) is 17.1. The topological polar surface area (TPSA) is 256 Å². The second kappa shape index (κ2) is 24.7. The molecule has 2 aromatic rings. The summed E-state index contributed by atoms with van der Waals surface area (Å²) in [5.41, 5.74) is -3.34. The fraction of sp³-hybridized carbons (Fsp3) is 0.768. The Kier molecular flexibility index (Phi) is 19.4. The third-order valence-corrected chi connectivity index (χ3v) is 17.1. The Hall–Kier alpha value is -4.49.